The smallest absolute Gasteiger partial charge is 0.0547 e. The monoisotopic (exact) mass is 662 g/mol. The van der Waals surface area contributed by atoms with Gasteiger partial charge in [0.1, 0.15) is 0 Å². The van der Waals surface area contributed by atoms with Crippen LogP contribution >= 0.6 is 0 Å². The molecule has 0 saturated carbocycles. The molecule has 0 amide bonds. The number of hydrogen-bond acceptors (Lipinski definition) is 1. The van der Waals surface area contributed by atoms with E-state index in [1.165, 1.54) is 71.3 Å². The van der Waals surface area contributed by atoms with Gasteiger partial charge in [-0.3, -0.25) is 0 Å². The molecule has 10 aromatic rings. The number of hydrogen-bond donors (Lipinski definition) is 0. The highest BCUT2D eigenvalue weighted by molar-refractivity contribution is 6.21. The van der Waals surface area contributed by atoms with Crippen LogP contribution < -0.4 is 4.90 Å². The average Bonchev–Trinajstić information content (AvgIpc) is 3.57. The third-order valence-electron chi connectivity index (χ3n) is 10.3. The standard InChI is InChI=1S/C50H34N2/c1-3-16-40(17-4-1)51(42-30-27-36(28-31-42)45-23-12-14-35-13-7-8-21-44(35)45)43-20-11-15-38(33-43)39-26-25-37-29-32-49-50(47(37)34-39)46-22-9-10-24-48(46)52(49)41-18-5-2-6-19-41/h1-34H. The molecule has 2 nitrogen and oxygen atoms in total. The maximum atomic E-state index is 2.39. The summed E-state index contributed by atoms with van der Waals surface area (Å²) in [5.41, 5.74) is 11.8. The zero-order valence-electron chi connectivity index (χ0n) is 28.5. The highest BCUT2D eigenvalue weighted by atomic mass is 15.1. The molecule has 0 atom stereocenters. The van der Waals surface area contributed by atoms with Crippen molar-refractivity contribution in [1.29, 1.82) is 0 Å². The summed E-state index contributed by atoms with van der Waals surface area (Å²) in [5, 5.41) is 7.56. The van der Waals surface area contributed by atoms with Crippen LogP contribution in [0.4, 0.5) is 17.1 Å². The summed E-state index contributed by atoms with van der Waals surface area (Å²) in [6, 6.07) is 74.6. The minimum Gasteiger partial charge on any atom is -0.310 e. The Balaban J connectivity index is 1.09. The van der Waals surface area contributed by atoms with Crippen molar-refractivity contribution in [2.24, 2.45) is 0 Å². The molecule has 10 rings (SSSR count). The van der Waals surface area contributed by atoms with Crippen LogP contribution in [0.1, 0.15) is 0 Å². The van der Waals surface area contributed by atoms with Crippen molar-refractivity contribution in [3.63, 3.8) is 0 Å². The molecule has 9 aromatic carbocycles. The van der Waals surface area contributed by atoms with E-state index in [-0.39, 0.29) is 0 Å². The SMILES string of the molecule is c1ccc(N(c2ccc(-c3cccc4ccccc34)cc2)c2cccc(-c3ccc4ccc5c(c4c3)c3ccccc3n5-c3ccccc3)c2)cc1. The molecule has 0 aliphatic heterocycles. The maximum absolute atomic E-state index is 2.39. The molecule has 0 fully saturated rings. The third-order valence-corrected chi connectivity index (χ3v) is 10.3. The van der Waals surface area contributed by atoms with Gasteiger partial charge in [0.25, 0.3) is 0 Å². The molecule has 0 N–H and O–H groups in total. The number of nitrogens with zero attached hydrogens (tertiary/aromatic N) is 2. The van der Waals surface area contributed by atoms with E-state index >= 15 is 0 Å². The topological polar surface area (TPSA) is 8.17 Å². The first-order chi connectivity index (χ1) is 25.8. The number of anilines is 3. The molecule has 0 unspecified atom stereocenters. The lowest BCUT2D eigenvalue weighted by molar-refractivity contribution is 1.18. The van der Waals surface area contributed by atoms with Crippen molar-refractivity contribution in [2.45, 2.75) is 0 Å². The van der Waals surface area contributed by atoms with Crippen molar-refractivity contribution in [2.75, 3.05) is 4.90 Å². The molecule has 1 heterocycles. The minimum atomic E-state index is 1.11. The number of aromatic nitrogens is 1. The largest absolute Gasteiger partial charge is 0.310 e. The van der Waals surface area contributed by atoms with Crippen LogP contribution in [0.15, 0.2) is 206 Å². The lowest BCUT2D eigenvalue weighted by Crippen LogP contribution is -2.09. The number of benzene rings is 9. The van der Waals surface area contributed by atoms with Gasteiger partial charge in [0.05, 0.1) is 11.0 Å². The van der Waals surface area contributed by atoms with Gasteiger partial charge in [0.15, 0.2) is 0 Å². The number of rotatable bonds is 6. The Morgan fingerprint density at radius 1 is 0.327 bits per heavy atom. The summed E-state index contributed by atoms with van der Waals surface area (Å²) in [7, 11) is 0. The second kappa shape index (κ2) is 12.5. The van der Waals surface area contributed by atoms with Gasteiger partial charge in [0.2, 0.25) is 0 Å². The Morgan fingerprint density at radius 3 is 1.77 bits per heavy atom. The van der Waals surface area contributed by atoms with Crippen molar-refractivity contribution in [3.8, 4) is 27.9 Å². The second-order valence-electron chi connectivity index (χ2n) is 13.4. The molecule has 0 saturated heterocycles. The molecule has 0 aliphatic carbocycles. The first-order valence-corrected chi connectivity index (χ1v) is 17.9. The van der Waals surface area contributed by atoms with E-state index in [0.29, 0.717) is 0 Å². The first-order valence-electron chi connectivity index (χ1n) is 17.9. The summed E-state index contributed by atoms with van der Waals surface area (Å²) in [6.45, 7) is 0. The molecule has 0 bridgehead atoms. The van der Waals surface area contributed by atoms with Gasteiger partial charge in [-0.15, -0.1) is 0 Å². The van der Waals surface area contributed by atoms with Crippen molar-refractivity contribution < 1.29 is 0 Å². The predicted octanol–water partition coefficient (Wildman–Crippen LogP) is 13.9. The van der Waals surface area contributed by atoms with Crippen LogP contribution in [0.5, 0.6) is 0 Å². The summed E-state index contributed by atoms with van der Waals surface area (Å²) >= 11 is 0. The third kappa shape index (κ3) is 5.04. The summed E-state index contributed by atoms with van der Waals surface area (Å²) in [6.07, 6.45) is 0. The fourth-order valence-corrected chi connectivity index (χ4v) is 7.94. The quantitative estimate of drug-likeness (QED) is 0.172. The molecule has 52 heavy (non-hydrogen) atoms. The van der Waals surface area contributed by atoms with Gasteiger partial charge >= 0.3 is 0 Å². The van der Waals surface area contributed by atoms with Crippen LogP contribution in [-0.2, 0) is 0 Å². The Kier molecular flexibility index (Phi) is 7.18. The van der Waals surface area contributed by atoms with Gasteiger partial charge in [0, 0.05) is 33.5 Å². The Morgan fingerprint density at radius 2 is 0.923 bits per heavy atom. The van der Waals surface area contributed by atoms with Gasteiger partial charge in [-0.2, -0.15) is 0 Å². The highest BCUT2D eigenvalue weighted by Gasteiger charge is 2.17. The van der Waals surface area contributed by atoms with E-state index in [9.17, 15) is 0 Å². The fraction of sp³-hybridized carbons (Fsp3) is 0. The van der Waals surface area contributed by atoms with Crippen LogP contribution in [0.2, 0.25) is 0 Å². The zero-order valence-corrected chi connectivity index (χ0v) is 28.5. The Labute approximate surface area is 303 Å². The van der Waals surface area contributed by atoms with E-state index in [4.69, 9.17) is 0 Å². The van der Waals surface area contributed by atoms with E-state index in [0.717, 1.165) is 17.1 Å². The summed E-state index contributed by atoms with van der Waals surface area (Å²) < 4.78 is 2.39. The molecular formula is C50H34N2. The van der Waals surface area contributed by atoms with E-state index < -0.39 is 0 Å². The molecule has 1 aromatic heterocycles. The van der Waals surface area contributed by atoms with E-state index in [1.807, 2.05) is 0 Å². The van der Waals surface area contributed by atoms with Gasteiger partial charge in [-0.25, -0.2) is 0 Å². The Bertz CT molecular complexity index is 2880. The predicted molar refractivity (Wildman–Crippen MR) is 221 cm³/mol. The average molecular weight is 663 g/mol. The molecule has 0 spiro atoms. The van der Waals surface area contributed by atoms with Crippen LogP contribution in [0, 0.1) is 0 Å². The van der Waals surface area contributed by atoms with E-state index in [2.05, 4.69) is 216 Å². The summed E-state index contributed by atoms with van der Waals surface area (Å²) in [4.78, 5) is 2.35. The van der Waals surface area contributed by atoms with Gasteiger partial charge in [-0.1, -0.05) is 140 Å². The van der Waals surface area contributed by atoms with Crippen molar-refractivity contribution in [1.82, 2.24) is 4.57 Å². The Hall–Kier alpha value is -6.90. The number of para-hydroxylation sites is 3. The molecule has 2 heteroatoms. The second-order valence-corrected chi connectivity index (χ2v) is 13.4. The fourth-order valence-electron chi connectivity index (χ4n) is 7.94. The molecule has 244 valence electrons. The molecule has 0 aliphatic rings. The van der Waals surface area contributed by atoms with Crippen molar-refractivity contribution >= 4 is 60.4 Å². The van der Waals surface area contributed by atoms with Crippen molar-refractivity contribution in [3.05, 3.63) is 206 Å². The molecular weight excluding hydrogens is 629 g/mol. The lowest BCUT2D eigenvalue weighted by atomic mass is 9.97. The van der Waals surface area contributed by atoms with Crippen LogP contribution in [0.3, 0.4) is 0 Å². The molecule has 0 radical (unpaired) electrons. The van der Waals surface area contributed by atoms with Crippen LogP contribution in [0.25, 0.3) is 71.3 Å². The minimum absolute atomic E-state index is 1.11. The van der Waals surface area contributed by atoms with Gasteiger partial charge in [-0.05, 0) is 111 Å². The highest BCUT2D eigenvalue weighted by Crippen LogP contribution is 2.41. The first kappa shape index (κ1) is 30.0. The normalized spacial score (nSPS) is 11.5. The van der Waals surface area contributed by atoms with E-state index in [1.54, 1.807) is 0 Å². The number of fused-ring (bicyclic) bond motifs is 6. The summed E-state index contributed by atoms with van der Waals surface area (Å²) in [5.74, 6) is 0. The maximum Gasteiger partial charge on any atom is 0.0547 e. The van der Waals surface area contributed by atoms with Crippen LogP contribution in [-0.4, -0.2) is 4.57 Å². The lowest BCUT2D eigenvalue weighted by Gasteiger charge is -2.26. The van der Waals surface area contributed by atoms with Gasteiger partial charge < -0.3 is 9.47 Å². The zero-order chi connectivity index (χ0) is 34.4.